The number of amides is 1. The van der Waals surface area contributed by atoms with Crippen molar-refractivity contribution < 1.29 is 13.9 Å². The summed E-state index contributed by atoms with van der Waals surface area (Å²) >= 11 is 0. The molecule has 0 unspecified atom stereocenters. The molecule has 1 aromatic carbocycles. The van der Waals surface area contributed by atoms with Crippen LogP contribution in [0.4, 0.5) is 10.1 Å². The van der Waals surface area contributed by atoms with Gasteiger partial charge in [0.25, 0.3) is 5.91 Å². The van der Waals surface area contributed by atoms with Gasteiger partial charge in [-0.3, -0.25) is 4.79 Å². The van der Waals surface area contributed by atoms with Crippen LogP contribution in [0.15, 0.2) is 36.7 Å². The Hall–Kier alpha value is -2.25. The largest absolute Gasteiger partial charge is 0.364 e. The molecule has 3 rings (SSSR count). The highest BCUT2D eigenvalue weighted by molar-refractivity contribution is 5.94. The number of nitrogens with two attached hydrogens (primary N) is 1. The van der Waals surface area contributed by atoms with Gasteiger partial charge in [0.2, 0.25) is 0 Å². The van der Waals surface area contributed by atoms with Crippen molar-refractivity contribution in [2.75, 3.05) is 11.9 Å². The van der Waals surface area contributed by atoms with E-state index in [1.807, 2.05) is 0 Å². The predicted octanol–water partition coefficient (Wildman–Crippen LogP) is 1.46. The van der Waals surface area contributed by atoms with Crippen LogP contribution in [-0.4, -0.2) is 34.4 Å². The Balaban J connectivity index is 1.68. The lowest BCUT2D eigenvalue weighted by molar-refractivity contribution is -0.126. The fraction of sp³-hybridized carbons (Fsp3) is 0.333. The second-order valence-electron chi connectivity index (χ2n) is 5.17. The van der Waals surface area contributed by atoms with E-state index in [1.165, 1.54) is 10.7 Å². The standard InChI is InChI=1S/C15H17FN4O2/c16-12-8-10(2-4-13(12)20-7-1-6-18-20)19-15(21)14-5-3-11(9-17)22-14/h1-2,4,6-8,11,14H,3,5,9,17H2,(H,19,21)/t11-,14+/m1/s1. The number of halogens is 1. The average Bonchev–Trinajstić information content (AvgIpc) is 3.19. The highest BCUT2D eigenvalue weighted by Crippen LogP contribution is 2.22. The zero-order valence-electron chi connectivity index (χ0n) is 11.9. The van der Waals surface area contributed by atoms with Crippen LogP contribution in [0.1, 0.15) is 12.8 Å². The second-order valence-corrected chi connectivity index (χ2v) is 5.17. The van der Waals surface area contributed by atoms with Gasteiger partial charge in [0.1, 0.15) is 11.8 Å². The number of ether oxygens (including phenoxy) is 1. The highest BCUT2D eigenvalue weighted by Gasteiger charge is 2.29. The Morgan fingerprint density at radius 1 is 1.50 bits per heavy atom. The molecule has 22 heavy (non-hydrogen) atoms. The topological polar surface area (TPSA) is 82.2 Å². The van der Waals surface area contributed by atoms with Crippen LogP contribution in [0.25, 0.3) is 5.69 Å². The van der Waals surface area contributed by atoms with E-state index in [0.29, 0.717) is 24.3 Å². The number of aromatic nitrogens is 2. The average molecular weight is 304 g/mol. The Bertz CT molecular complexity index is 660. The number of anilines is 1. The van der Waals surface area contributed by atoms with Gasteiger partial charge in [-0.15, -0.1) is 0 Å². The van der Waals surface area contributed by atoms with Crippen molar-refractivity contribution >= 4 is 11.6 Å². The van der Waals surface area contributed by atoms with Crippen molar-refractivity contribution in [2.24, 2.45) is 5.73 Å². The molecule has 1 saturated heterocycles. The Morgan fingerprint density at radius 3 is 3.00 bits per heavy atom. The van der Waals surface area contributed by atoms with Crippen LogP contribution < -0.4 is 11.1 Å². The Labute approximate surface area is 127 Å². The monoisotopic (exact) mass is 304 g/mol. The Morgan fingerprint density at radius 2 is 2.36 bits per heavy atom. The van der Waals surface area contributed by atoms with Gasteiger partial charge >= 0.3 is 0 Å². The van der Waals surface area contributed by atoms with E-state index in [9.17, 15) is 9.18 Å². The zero-order valence-corrected chi connectivity index (χ0v) is 11.9. The summed E-state index contributed by atoms with van der Waals surface area (Å²) < 4.78 is 21.0. The first-order valence-electron chi connectivity index (χ1n) is 7.13. The molecule has 116 valence electrons. The molecule has 0 aliphatic carbocycles. The van der Waals surface area contributed by atoms with Gasteiger partial charge in [-0.1, -0.05) is 0 Å². The van der Waals surface area contributed by atoms with Crippen LogP contribution >= 0.6 is 0 Å². The van der Waals surface area contributed by atoms with Gasteiger partial charge in [-0.25, -0.2) is 9.07 Å². The van der Waals surface area contributed by atoms with Gasteiger partial charge in [-0.05, 0) is 37.1 Å². The molecule has 1 amide bonds. The lowest BCUT2D eigenvalue weighted by Gasteiger charge is -2.13. The molecule has 0 radical (unpaired) electrons. The van der Waals surface area contributed by atoms with Gasteiger partial charge in [0, 0.05) is 24.6 Å². The first kappa shape index (κ1) is 14.7. The SMILES string of the molecule is NC[C@H]1CC[C@@H](C(=O)Nc2ccc(-n3cccn3)c(F)c2)O1. The third kappa shape index (κ3) is 3.00. The van der Waals surface area contributed by atoms with E-state index in [2.05, 4.69) is 10.4 Å². The minimum absolute atomic E-state index is 0.0744. The van der Waals surface area contributed by atoms with E-state index < -0.39 is 11.9 Å². The van der Waals surface area contributed by atoms with Gasteiger partial charge in [-0.2, -0.15) is 5.10 Å². The number of benzene rings is 1. The maximum atomic E-state index is 14.1. The summed E-state index contributed by atoms with van der Waals surface area (Å²) in [5, 5.41) is 6.64. The quantitative estimate of drug-likeness (QED) is 0.896. The molecule has 1 fully saturated rings. The minimum atomic E-state index is -0.526. The molecular weight excluding hydrogens is 287 g/mol. The lowest BCUT2D eigenvalue weighted by atomic mass is 10.2. The summed E-state index contributed by atoms with van der Waals surface area (Å²) in [7, 11) is 0. The number of nitrogens with zero attached hydrogens (tertiary/aromatic N) is 2. The third-order valence-electron chi connectivity index (χ3n) is 3.63. The zero-order chi connectivity index (χ0) is 15.5. The van der Waals surface area contributed by atoms with Crippen molar-refractivity contribution in [2.45, 2.75) is 25.0 Å². The summed E-state index contributed by atoms with van der Waals surface area (Å²) in [6.07, 6.45) is 4.01. The van der Waals surface area contributed by atoms with Gasteiger partial charge in [0.05, 0.1) is 6.10 Å². The van der Waals surface area contributed by atoms with Crippen molar-refractivity contribution in [3.63, 3.8) is 0 Å². The van der Waals surface area contributed by atoms with Gasteiger partial charge in [0.15, 0.2) is 5.82 Å². The van der Waals surface area contributed by atoms with E-state index >= 15 is 0 Å². The van der Waals surface area contributed by atoms with Crippen molar-refractivity contribution in [1.29, 1.82) is 0 Å². The van der Waals surface area contributed by atoms with E-state index in [1.54, 1.807) is 30.6 Å². The molecule has 6 nitrogen and oxygen atoms in total. The second kappa shape index (κ2) is 6.25. The molecule has 0 saturated carbocycles. The normalized spacial score (nSPS) is 21.0. The smallest absolute Gasteiger partial charge is 0.253 e. The van der Waals surface area contributed by atoms with E-state index in [4.69, 9.17) is 10.5 Å². The number of carbonyl (C=O) groups excluding carboxylic acids is 1. The fourth-order valence-corrected chi connectivity index (χ4v) is 2.48. The molecular formula is C15H17FN4O2. The van der Waals surface area contributed by atoms with E-state index in [-0.39, 0.29) is 12.0 Å². The summed E-state index contributed by atoms with van der Waals surface area (Å²) in [6, 6.07) is 6.17. The third-order valence-corrected chi connectivity index (χ3v) is 3.63. The van der Waals surface area contributed by atoms with Crippen LogP contribution in [0.2, 0.25) is 0 Å². The number of rotatable bonds is 4. The number of hydrogen-bond donors (Lipinski definition) is 2. The lowest BCUT2D eigenvalue weighted by Crippen LogP contribution is -2.29. The first-order chi connectivity index (χ1) is 10.7. The van der Waals surface area contributed by atoms with Crippen LogP contribution in [0, 0.1) is 5.82 Å². The summed E-state index contributed by atoms with van der Waals surface area (Å²) in [5.74, 6) is -0.740. The molecule has 2 atom stereocenters. The minimum Gasteiger partial charge on any atom is -0.364 e. The molecule has 3 N–H and O–H groups in total. The van der Waals surface area contributed by atoms with E-state index in [0.717, 1.165) is 6.42 Å². The first-order valence-corrected chi connectivity index (χ1v) is 7.13. The van der Waals surface area contributed by atoms with Gasteiger partial charge < -0.3 is 15.8 Å². The molecule has 1 aliphatic heterocycles. The number of hydrogen-bond acceptors (Lipinski definition) is 4. The number of nitrogens with one attached hydrogen (secondary N) is 1. The molecule has 1 aliphatic rings. The summed E-state index contributed by atoms with van der Waals surface area (Å²) in [4.78, 5) is 12.1. The fourth-order valence-electron chi connectivity index (χ4n) is 2.48. The molecule has 2 aromatic rings. The molecule has 0 bridgehead atoms. The van der Waals surface area contributed by atoms with Crippen molar-refractivity contribution in [3.8, 4) is 5.69 Å². The van der Waals surface area contributed by atoms with Crippen LogP contribution in [0.3, 0.4) is 0 Å². The van der Waals surface area contributed by atoms with Crippen LogP contribution in [0.5, 0.6) is 0 Å². The highest BCUT2D eigenvalue weighted by atomic mass is 19.1. The molecule has 7 heteroatoms. The summed E-state index contributed by atoms with van der Waals surface area (Å²) in [5.41, 5.74) is 6.23. The van der Waals surface area contributed by atoms with Crippen molar-refractivity contribution in [1.82, 2.24) is 9.78 Å². The number of carbonyl (C=O) groups is 1. The molecule has 2 heterocycles. The Kier molecular flexibility index (Phi) is 4.17. The maximum Gasteiger partial charge on any atom is 0.253 e. The molecule has 0 spiro atoms. The van der Waals surface area contributed by atoms with Crippen molar-refractivity contribution in [3.05, 3.63) is 42.5 Å². The predicted molar refractivity (Wildman–Crippen MR) is 79.1 cm³/mol. The maximum absolute atomic E-state index is 14.1. The summed E-state index contributed by atoms with van der Waals surface area (Å²) in [6.45, 7) is 0.400. The van der Waals surface area contributed by atoms with Crippen LogP contribution in [-0.2, 0) is 9.53 Å². The molecule has 1 aromatic heterocycles.